The molecule has 0 radical (unpaired) electrons. The molecule has 0 amide bonds. The number of ether oxygens (including phenoxy) is 1. The van der Waals surface area contributed by atoms with E-state index >= 15 is 0 Å². The van der Waals surface area contributed by atoms with E-state index in [1.54, 1.807) is 6.07 Å². The van der Waals surface area contributed by atoms with E-state index in [-0.39, 0.29) is 11.9 Å². The second-order valence-corrected chi connectivity index (χ2v) is 5.74. The van der Waals surface area contributed by atoms with E-state index in [1.807, 2.05) is 38.2 Å². The van der Waals surface area contributed by atoms with Gasteiger partial charge in [0.15, 0.2) is 0 Å². The normalized spacial score (nSPS) is 12.2. The summed E-state index contributed by atoms with van der Waals surface area (Å²) >= 11 is 3.33. The summed E-state index contributed by atoms with van der Waals surface area (Å²) in [6.45, 7) is 2.61. The van der Waals surface area contributed by atoms with Crippen LogP contribution in [0.1, 0.15) is 24.1 Å². The zero-order valence-electron chi connectivity index (χ0n) is 12.2. The molecule has 0 saturated carbocycles. The van der Waals surface area contributed by atoms with Crippen LogP contribution in [0.4, 0.5) is 4.39 Å². The number of nitrogens with one attached hydrogen (secondary N) is 1. The van der Waals surface area contributed by atoms with Crippen LogP contribution in [-0.2, 0) is 6.42 Å². The van der Waals surface area contributed by atoms with Crippen molar-refractivity contribution in [1.82, 2.24) is 5.32 Å². The predicted octanol–water partition coefficient (Wildman–Crippen LogP) is 4.49. The minimum absolute atomic E-state index is 0.110. The molecule has 2 nitrogen and oxygen atoms in total. The molecule has 0 fully saturated rings. The Bertz CT molecular complexity index is 583. The minimum atomic E-state index is -0.225. The van der Waals surface area contributed by atoms with Gasteiger partial charge in [0.05, 0.1) is 6.61 Å². The van der Waals surface area contributed by atoms with Gasteiger partial charge < -0.3 is 10.1 Å². The third kappa shape index (κ3) is 4.55. The fourth-order valence-electron chi connectivity index (χ4n) is 2.34. The molecule has 1 N–H and O–H groups in total. The SMILES string of the molecule is CCOc1cccc(C(Cc2cc(F)cc(Br)c2)NC)c1. The van der Waals surface area contributed by atoms with E-state index in [0.29, 0.717) is 13.0 Å². The largest absolute Gasteiger partial charge is 0.494 e. The Balaban J connectivity index is 2.21. The molecule has 4 heteroatoms. The molecule has 2 aromatic carbocycles. The Labute approximate surface area is 133 Å². The number of benzene rings is 2. The number of likely N-dealkylation sites (N-methyl/N-ethyl adjacent to an activating group) is 1. The molecule has 1 unspecified atom stereocenters. The maximum atomic E-state index is 13.5. The zero-order valence-corrected chi connectivity index (χ0v) is 13.8. The van der Waals surface area contributed by atoms with Crippen LogP contribution in [0.2, 0.25) is 0 Å². The van der Waals surface area contributed by atoms with Crippen LogP contribution in [0.5, 0.6) is 5.75 Å². The lowest BCUT2D eigenvalue weighted by atomic mass is 9.99. The Morgan fingerprint density at radius 1 is 1.24 bits per heavy atom. The molecule has 2 aromatic rings. The van der Waals surface area contributed by atoms with Crippen LogP contribution in [0, 0.1) is 5.82 Å². The van der Waals surface area contributed by atoms with Crippen molar-refractivity contribution in [3.63, 3.8) is 0 Å². The summed E-state index contributed by atoms with van der Waals surface area (Å²) in [5.41, 5.74) is 2.08. The summed E-state index contributed by atoms with van der Waals surface area (Å²) in [7, 11) is 1.91. The van der Waals surface area contributed by atoms with E-state index in [4.69, 9.17) is 4.74 Å². The molecule has 0 aliphatic rings. The van der Waals surface area contributed by atoms with Gasteiger partial charge in [-0.1, -0.05) is 28.1 Å². The van der Waals surface area contributed by atoms with Gasteiger partial charge in [-0.05, 0) is 61.9 Å². The fraction of sp³-hybridized carbons (Fsp3) is 0.294. The number of hydrogen-bond donors (Lipinski definition) is 1. The molecule has 0 spiro atoms. The van der Waals surface area contributed by atoms with Gasteiger partial charge in [-0.15, -0.1) is 0 Å². The average molecular weight is 352 g/mol. The lowest BCUT2D eigenvalue weighted by molar-refractivity contribution is 0.339. The number of hydrogen-bond acceptors (Lipinski definition) is 2. The van der Waals surface area contributed by atoms with Gasteiger partial charge in [0.1, 0.15) is 11.6 Å². The molecular weight excluding hydrogens is 333 g/mol. The average Bonchev–Trinajstić information content (AvgIpc) is 2.44. The van der Waals surface area contributed by atoms with Crippen molar-refractivity contribution in [2.75, 3.05) is 13.7 Å². The minimum Gasteiger partial charge on any atom is -0.494 e. The molecule has 112 valence electrons. The highest BCUT2D eigenvalue weighted by Gasteiger charge is 2.12. The first-order valence-electron chi connectivity index (χ1n) is 6.97. The smallest absolute Gasteiger partial charge is 0.124 e. The van der Waals surface area contributed by atoms with Gasteiger partial charge in [-0.25, -0.2) is 4.39 Å². The van der Waals surface area contributed by atoms with Gasteiger partial charge in [0.2, 0.25) is 0 Å². The van der Waals surface area contributed by atoms with Crippen LogP contribution in [0.3, 0.4) is 0 Å². The van der Waals surface area contributed by atoms with Crippen molar-refractivity contribution in [2.45, 2.75) is 19.4 Å². The van der Waals surface area contributed by atoms with Crippen molar-refractivity contribution in [2.24, 2.45) is 0 Å². The van der Waals surface area contributed by atoms with Crippen LogP contribution >= 0.6 is 15.9 Å². The van der Waals surface area contributed by atoms with Gasteiger partial charge in [0.25, 0.3) is 0 Å². The number of halogens is 2. The summed E-state index contributed by atoms with van der Waals surface area (Å²) in [5.74, 6) is 0.632. The van der Waals surface area contributed by atoms with Crippen molar-refractivity contribution >= 4 is 15.9 Å². The summed E-state index contributed by atoms with van der Waals surface area (Å²) in [5, 5.41) is 3.28. The first-order valence-corrected chi connectivity index (χ1v) is 7.76. The van der Waals surface area contributed by atoms with E-state index in [9.17, 15) is 4.39 Å². The highest BCUT2D eigenvalue weighted by Crippen LogP contribution is 2.24. The first-order chi connectivity index (χ1) is 10.1. The molecule has 0 aromatic heterocycles. The standard InChI is InChI=1S/C17H19BrFNO/c1-3-21-16-6-4-5-13(10-16)17(20-2)9-12-7-14(18)11-15(19)8-12/h4-8,10-11,17,20H,3,9H2,1-2H3. The third-order valence-electron chi connectivity index (χ3n) is 3.28. The van der Waals surface area contributed by atoms with E-state index in [1.165, 1.54) is 6.07 Å². The van der Waals surface area contributed by atoms with Gasteiger partial charge >= 0.3 is 0 Å². The van der Waals surface area contributed by atoms with Crippen LogP contribution < -0.4 is 10.1 Å². The molecule has 0 aliphatic carbocycles. The predicted molar refractivity (Wildman–Crippen MR) is 87.2 cm³/mol. The maximum absolute atomic E-state index is 13.5. The number of rotatable bonds is 6. The molecule has 0 bridgehead atoms. The highest BCUT2D eigenvalue weighted by atomic mass is 79.9. The third-order valence-corrected chi connectivity index (χ3v) is 3.74. The molecule has 2 rings (SSSR count). The summed E-state index contributed by atoms with van der Waals surface area (Å²) in [4.78, 5) is 0. The van der Waals surface area contributed by atoms with Gasteiger partial charge in [-0.3, -0.25) is 0 Å². The second-order valence-electron chi connectivity index (χ2n) is 4.83. The zero-order chi connectivity index (χ0) is 15.2. The van der Waals surface area contributed by atoms with Crippen molar-refractivity contribution in [3.8, 4) is 5.75 Å². The Morgan fingerprint density at radius 2 is 2.05 bits per heavy atom. The molecular formula is C17H19BrFNO. The van der Waals surface area contributed by atoms with Crippen LogP contribution in [0.15, 0.2) is 46.9 Å². The van der Waals surface area contributed by atoms with Crippen LogP contribution in [0.25, 0.3) is 0 Å². The van der Waals surface area contributed by atoms with Crippen molar-refractivity contribution in [1.29, 1.82) is 0 Å². The molecule has 1 atom stereocenters. The lowest BCUT2D eigenvalue weighted by Crippen LogP contribution is -2.19. The van der Waals surface area contributed by atoms with Crippen molar-refractivity contribution < 1.29 is 9.13 Å². The molecule has 0 saturated heterocycles. The second kappa shape index (κ2) is 7.57. The lowest BCUT2D eigenvalue weighted by Gasteiger charge is -2.18. The van der Waals surface area contributed by atoms with E-state index in [2.05, 4.69) is 27.3 Å². The Morgan fingerprint density at radius 3 is 2.71 bits per heavy atom. The summed E-state index contributed by atoms with van der Waals surface area (Å²) < 4.78 is 19.8. The Hall–Kier alpha value is -1.39. The maximum Gasteiger partial charge on any atom is 0.124 e. The monoisotopic (exact) mass is 351 g/mol. The fourth-order valence-corrected chi connectivity index (χ4v) is 2.85. The van der Waals surface area contributed by atoms with E-state index in [0.717, 1.165) is 21.3 Å². The summed E-state index contributed by atoms with van der Waals surface area (Å²) in [6.07, 6.45) is 0.711. The molecule has 0 aliphatic heterocycles. The van der Waals surface area contributed by atoms with Gasteiger partial charge in [-0.2, -0.15) is 0 Å². The Kier molecular flexibility index (Phi) is 5.76. The summed E-state index contributed by atoms with van der Waals surface area (Å²) in [6, 6.07) is 13.1. The topological polar surface area (TPSA) is 21.3 Å². The van der Waals surface area contributed by atoms with Crippen molar-refractivity contribution in [3.05, 3.63) is 63.9 Å². The first kappa shape index (κ1) is 16.0. The van der Waals surface area contributed by atoms with E-state index < -0.39 is 0 Å². The quantitative estimate of drug-likeness (QED) is 0.827. The molecule has 0 heterocycles. The molecule has 21 heavy (non-hydrogen) atoms. The van der Waals surface area contributed by atoms with Crippen LogP contribution in [-0.4, -0.2) is 13.7 Å². The van der Waals surface area contributed by atoms with Gasteiger partial charge in [0, 0.05) is 10.5 Å². The highest BCUT2D eigenvalue weighted by molar-refractivity contribution is 9.10.